The third-order valence-electron chi connectivity index (χ3n) is 1.71. The fourth-order valence-corrected chi connectivity index (χ4v) is 1.97. The standard InChI is InChI=1S/C11H12ClNO3S/c1-2-16-11(15)7-13-10(14)6-4-8-3-5-9(12)17-8/h3-6H,2,7H2,1H3,(H,13,14)/b6-4+. The Hall–Kier alpha value is -1.33. The molecule has 0 radical (unpaired) electrons. The molecule has 1 rings (SSSR count). The smallest absolute Gasteiger partial charge is 0.325 e. The van der Waals surface area contributed by atoms with Crippen molar-refractivity contribution in [3.05, 3.63) is 27.4 Å². The van der Waals surface area contributed by atoms with E-state index in [0.717, 1.165) is 4.88 Å². The van der Waals surface area contributed by atoms with Crippen LogP contribution in [0.25, 0.3) is 6.08 Å². The van der Waals surface area contributed by atoms with Crippen LogP contribution in [-0.4, -0.2) is 25.0 Å². The molecule has 1 heterocycles. The lowest BCUT2D eigenvalue weighted by atomic mass is 10.4. The van der Waals surface area contributed by atoms with Crippen LogP contribution in [0.2, 0.25) is 4.34 Å². The van der Waals surface area contributed by atoms with Crippen LogP contribution in [0.15, 0.2) is 18.2 Å². The van der Waals surface area contributed by atoms with E-state index in [4.69, 9.17) is 11.6 Å². The van der Waals surface area contributed by atoms with Gasteiger partial charge in [-0.2, -0.15) is 0 Å². The van der Waals surface area contributed by atoms with Crippen LogP contribution < -0.4 is 5.32 Å². The zero-order valence-corrected chi connectivity index (χ0v) is 10.8. The van der Waals surface area contributed by atoms with Gasteiger partial charge in [0.05, 0.1) is 10.9 Å². The average Bonchev–Trinajstić information content (AvgIpc) is 2.70. The summed E-state index contributed by atoms with van der Waals surface area (Å²) in [6.45, 7) is 1.89. The Kier molecular flexibility index (Phi) is 5.72. The molecule has 1 N–H and O–H groups in total. The highest BCUT2D eigenvalue weighted by molar-refractivity contribution is 7.17. The van der Waals surface area contributed by atoms with Crippen LogP contribution in [0.4, 0.5) is 0 Å². The van der Waals surface area contributed by atoms with Crippen LogP contribution in [-0.2, 0) is 14.3 Å². The Bertz CT molecular complexity index is 428. The summed E-state index contributed by atoms with van der Waals surface area (Å²) in [5.74, 6) is -0.795. The summed E-state index contributed by atoms with van der Waals surface area (Å²) >= 11 is 7.11. The number of nitrogens with one attached hydrogen (secondary N) is 1. The van der Waals surface area contributed by atoms with E-state index in [9.17, 15) is 9.59 Å². The first-order valence-electron chi connectivity index (χ1n) is 4.98. The largest absolute Gasteiger partial charge is 0.465 e. The molecule has 1 aromatic heterocycles. The molecule has 1 aromatic rings. The van der Waals surface area contributed by atoms with Gasteiger partial charge in [-0.25, -0.2) is 0 Å². The molecule has 17 heavy (non-hydrogen) atoms. The number of amides is 1. The molecular formula is C11H12ClNO3S. The number of carbonyl (C=O) groups is 2. The van der Waals surface area contributed by atoms with Crippen molar-refractivity contribution in [2.24, 2.45) is 0 Å². The number of hydrogen-bond donors (Lipinski definition) is 1. The molecule has 0 spiro atoms. The molecular weight excluding hydrogens is 262 g/mol. The van der Waals surface area contributed by atoms with E-state index in [0.29, 0.717) is 10.9 Å². The van der Waals surface area contributed by atoms with Gasteiger partial charge in [-0.1, -0.05) is 11.6 Å². The molecule has 0 saturated carbocycles. The van der Waals surface area contributed by atoms with Crippen molar-refractivity contribution in [1.29, 1.82) is 0 Å². The number of hydrogen-bond acceptors (Lipinski definition) is 4. The molecule has 0 unspecified atom stereocenters. The van der Waals surface area contributed by atoms with Crippen molar-refractivity contribution in [2.45, 2.75) is 6.92 Å². The highest BCUT2D eigenvalue weighted by Gasteiger charge is 2.02. The van der Waals surface area contributed by atoms with Crippen molar-refractivity contribution in [2.75, 3.05) is 13.2 Å². The summed E-state index contributed by atoms with van der Waals surface area (Å²) in [7, 11) is 0. The van der Waals surface area contributed by atoms with Gasteiger partial charge >= 0.3 is 5.97 Å². The van der Waals surface area contributed by atoms with Gasteiger partial charge in [0.1, 0.15) is 6.54 Å². The minimum atomic E-state index is -0.451. The summed E-state index contributed by atoms with van der Waals surface area (Å²) < 4.78 is 5.33. The number of ether oxygens (including phenoxy) is 1. The average molecular weight is 274 g/mol. The lowest BCUT2D eigenvalue weighted by molar-refractivity contribution is -0.143. The van der Waals surface area contributed by atoms with Gasteiger partial charge in [0.25, 0.3) is 0 Å². The number of carbonyl (C=O) groups excluding carboxylic acids is 2. The van der Waals surface area contributed by atoms with Crippen molar-refractivity contribution >= 4 is 40.9 Å². The van der Waals surface area contributed by atoms with E-state index in [1.807, 2.05) is 6.07 Å². The van der Waals surface area contributed by atoms with Gasteiger partial charge in [-0.3, -0.25) is 9.59 Å². The SMILES string of the molecule is CCOC(=O)CNC(=O)/C=C/c1ccc(Cl)s1. The normalized spacial score (nSPS) is 10.5. The maximum atomic E-state index is 11.3. The minimum Gasteiger partial charge on any atom is -0.465 e. The van der Waals surface area contributed by atoms with Gasteiger partial charge in [0.15, 0.2) is 0 Å². The van der Waals surface area contributed by atoms with Crippen LogP contribution in [0, 0.1) is 0 Å². The summed E-state index contributed by atoms with van der Waals surface area (Å²) in [6, 6.07) is 3.56. The first-order valence-corrected chi connectivity index (χ1v) is 6.18. The molecule has 0 aromatic carbocycles. The second kappa shape index (κ2) is 7.09. The number of halogens is 1. The molecule has 1 amide bonds. The molecule has 0 aliphatic rings. The van der Waals surface area contributed by atoms with E-state index in [1.165, 1.54) is 17.4 Å². The number of rotatable bonds is 5. The summed E-state index contributed by atoms with van der Waals surface area (Å²) in [5.41, 5.74) is 0. The van der Waals surface area contributed by atoms with E-state index in [1.54, 1.807) is 19.1 Å². The van der Waals surface area contributed by atoms with Crippen molar-refractivity contribution in [3.63, 3.8) is 0 Å². The van der Waals surface area contributed by atoms with E-state index in [2.05, 4.69) is 10.1 Å². The molecule has 0 saturated heterocycles. The predicted octanol–water partition coefficient (Wildman–Crippen LogP) is 2.09. The lowest BCUT2D eigenvalue weighted by Gasteiger charge is -2.01. The van der Waals surface area contributed by atoms with Crippen LogP contribution in [0.5, 0.6) is 0 Å². The van der Waals surface area contributed by atoms with Crippen LogP contribution in [0.3, 0.4) is 0 Å². The van der Waals surface area contributed by atoms with E-state index < -0.39 is 5.97 Å². The molecule has 4 nitrogen and oxygen atoms in total. The quantitative estimate of drug-likeness (QED) is 0.660. The highest BCUT2D eigenvalue weighted by Crippen LogP contribution is 2.22. The summed E-state index contributed by atoms with van der Waals surface area (Å²) in [5, 5.41) is 2.42. The molecule has 0 aliphatic carbocycles. The zero-order chi connectivity index (χ0) is 12.7. The Morgan fingerprint density at radius 2 is 2.29 bits per heavy atom. The van der Waals surface area contributed by atoms with Crippen molar-refractivity contribution < 1.29 is 14.3 Å². The first-order chi connectivity index (χ1) is 8.11. The monoisotopic (exact) mass is 273 g/mol. The third-order valence-corrected chi connectivity index (χ3v) is 2.90. The Labute approximate surface area is 108 Å². The van der Waals surface area contributed by atoms with Gasteiger partial charge in [0.2, 0.25) is 5.91 Å². The van der Waals surface area contributed by atoms with Crippen LogP contribution in [0.1, 0.15) is 11.8 Å². The maximum absolute atomic E-state index is 11.3. The predicted molar refractivity (Wildman–Crippen MR) is 68.0 cm³/mol. The van der Waals surface area contributed by atoms with E-state index in [-0.39, 0.29) is 12.5 Å². The summed E-state index contributed by atoms with van der Waals surface area (Å²) in [4.78, 5) is 23.1. The zero-order valence-electron chi connectivity index (χ0n) is 9.23. The van der Waals surface area contributed by atoms with Gasteiger partial charge in [-0.05, 0) is 25.1 Å². The topological polar surface area (TPSA) is 55.4 Å². The molecule has 0 fully saturated rings. The highest BCUT2D eigenvalue weighted by atomic mass is 35.5. The molecule has 6 heteroatoms. The fourth-order valence-electron chi connectivity index (χ4n) is 1.01. The minimum absolute atomic E-state index is 0.123. The fraction of sp³-hybridized carbons (Fsp3) is 0.273. The third kappa shape index (κ3) is 5.51. The first kappa shape index (κ1) is 13.7. The van der Waals surface area contributed by atoms with Crippen molar-refractivity contribution in [1.82, 2.24) is 5.32 Å². The second-order valence-electron chi connectivity index (χ2n) is 3.00. The Morgan fingerprint density at radius 1 is 1.53 bits per heavy atom. The maximum Gasteiger partial charge on any atom is 0.325 e. The Balaban J connectivity index is 2.34. The van der Waals surface area contributed by atoms with Crippen LogP contribution >= 0.6 is 22.9 Å². The Morgan fingerprint density at radius 3 is 2.88 bits per heavy atom. The lowest BCUT2D eigenvalue weighted by Crippen LogP contribution is -2.29. The number of esters is 1. The summed E-state index contributed by atoms with van der Waals surface area (Å²) in [6.07, 6.45) is 2.98. The number of thiophene rings is 1. The molecule has 92 valence electrons. The molecule has 0 bridgehead atoms. The van der Waals surface area contributed by atoms with Gasteiger partial charge in [-0.15, -0.1) is 11.3 Å². The molecule has 0 atom stereocenters. The van der Waals surface area contributed by atoms with Gasteiger partial charge < -0.3 is 10.1 Å². The van der Waals surface area contributed by atoms with E-state index >= 15 is 0 Å². The van der Waals surface area contributed by atoms with Crippen molar-refractivity contribution in [3.8, 4) is 0 Å². The van der Waals surface area contributed by atoms with Gasteiger partial charge in [0, 0.05) is 11.0 Å². The molecule has 0 aliphatic heterocycles. The second-order valence-corrected chi connectivity index (χ2v) is 4.74.